The Morgan fingerprint density at radius 1 is 1.07 bits per heavy atom. The van der Waals surface area contributed by atoms with E-state index in [2.05, 4.69) is 34.7 Å². The van der Waals surface area contributed by atoms with Gasteiger partial charge < -0.3 is 20.1 Å². The SMILES string of the molecule is COc1ccc(NC(=O)CCC(=O)Nc2nnc(CC(C)C)s2)c(OC)c1. The Labute approximate surface area is 162 Å². The molecule has 27 heavy (non-hydrogen) atoms. The van der Waals surface area contributed by atoms with Crippen LogP contribution in [0.25, 0.3) is 0 Å². The van der Waals surface area contributed by atoms with Crippen LogP contribution in [0.4, 0.5) is 10.8 Å². The third-order valence-corrected chi connectivity index (χ3v) is 4.42. The number of anilines is 2. The van der Waals surface area contributed by atoms with Crippen LogP contribution in [0.3, 0.4) is 0 Å². The molecule has 0 aliphatic carbocycles. The summed E-state index contributed by atoms with van der Waals surface area (Å²) in [5.41, 5.74) is 0.520. The van der Waals surface area contributed by atoms with Crippen LogP contribution in [-0.4, -0.2) is 36.2 Å². The maximum absolute atomic E-state index is 12.1. The quantitative estimate of drug-likeness (QED) is 0.680. The third kappa shape index (κ3) is 6.52. The van der Waals surface area contributed by atoms with Gasteiger partial charge in [-0.1, -0.05) is 25.2 Å². The van der Waals surface area contributed by atoms with Crippen LogP contribution >= 0.6 is 11.3 Å². The number of amides is 2. The van der Waals surface area contributed by atoms with Crippen LogP contribution in [0.1, 0.15) is 31.7 Å². The standard InChI is InChI=1S/C18H24N4O4S/c1-11(2)9-17-21-22-18(27-17)20-16(24)8-7-15(23)19-13-6-5-12(25-3)10-14(13)26-4/h5-6,10-11H,7-9H2,1-4H3,(H,19,23)(H,20,22,24). The fourth-order valence-corrected chi connectivity index (χ4v) is 3.23. The van der Waals surface area contributed by atoms with E-state index < -0.39 is 0 Å². The molecule has 1 aromatic heterocycles. The van der Waals surface area contributed by atoms with Gasteiger partial charge >= 0.3 is 0 Å². The van der Waals surface area contributed by atoms with Gasteiger partial charge in [-0.15, -0.1) is 10.2 Å². The Kier molecular flexibility index (Phi) is 7.54. The van der Waals surface area contributed by atoms with E-state index >= 15 is 0 Å². The molecule has 0 fully saturated rings. The summed E-state index contributed by atoms with van der Waals surface area (Å²) in [6.45, 7) is 4.19. The third-order valence-electron chi connectivity index (χ3n) is 3.56. The Bertz CT molecular complexity index is 791. The van der Waals surface area contributed by atoms with Crippen LogP contribution < -0.4 is 20.1 Å². The van der Waals surface area contributed by atoms with E-state index in [1.165, 1.54) is 18.4 Å². The number of hydrogen-bond donors (Lipinski definition) is 2. The van der Waals surface area contributed by atoms with Crippen LogP contribution in [0.15, 0.2) is 18.2 Å². The minimum absolute atomic E-state index is 0.0403. The summed E-state index contributed by atoms with van der Waals surface area (Å²) in [6, 6.07) is 5.08. The highest BCUT2D eigenvalue weighted by Crippen LogP contribution is 2.29. The van der Waals surface area contributed by atoms with E-state index in [9.17, 15) is 9.59 Å². The second-order valence-corrected chi connectivity index (χ2v) is 7.32. The van der Waals surface area contributed by atoms with E-state index in [0.717, 1.165) is 11.4 Å². The highest BCUT2D eigenvalue weighted by molar-refractivity contribution is 7.15. The van der Waals surface area contributed by atoms with E-state index in [0.29, 0.717) is 28.2 Å². The number of carbonyl (C=O) groups is 2. The smallest absolute Gasteiger partial charge is 0.226 e. The van der Waals surface area contributed by atoms with Gasteiger partial charge in [0, 0.05) is 25.3 Å². The molecule has 0 saturated carbocycles. The molecule has 2 amide bonds. The number of aromatic nitrogens is 2. The fraction of sp³-hybridized carbons (Fsp3) is 0.444. The summed E-state index contributed by atoms with van der Waals surface area (Å²) < 4.78 is 10.4. The van der Waals surface area contributed by atoms with Gasteiger partial charge in [-0.25, -0.2) is 0 Å². The molecule has 2 aromatic rings. The number of nitrogens with one attached hydrogen (secondary N) is 2. The maximum atomic E-state index is 12.1. The molecule has 0 aliphatic heterocycles. The first-order valence-corrected chi connectivity index (χ1v) is 9.37. The summed E-state index contributed by atoms with van der Waals surface area (Å²) in [5, 5.41) is 14.7. The van der Waals surface area contributed by atoms with E-state index in [1.807, 2.05) is 0 Å². The van der Waals surface area contributed by atoms with Crippen LogP contribution in [0, 0.1) is 5.92 Å². The van der Waals surface area contributed by atoms with Crippen molar-refractivity contribution in [2.45, 2.75) is 33.1 Å². The van der Waals surface area contributed by atoms with Crippen molar-refractivity contribution in [1.82, 2.24) is 10.2 Å². The van der Waals surface area contributed by atoms with Gasteiger partial charge in [-0.2, -0.15) is 0 Å². The van der Waals surface area contributed by atoms with Crippen molar-refractivity contribution in [3.8, 4) is 11.5 Å². The highest BCUT2D eigenvalue weighted by atomic mass is 32.1. The van der Waals surface area contributed by atoms with Crippen LogP contribution in [-0.2, 0) is 16.0 Å². The van der Waals surface area contributed by atoms with Crippen LogP contribution in [0.2, 0.25) is 0 Å². The maximum Gasteiger partial charge on any atom is 0.226 e. The number of nitrogens with zero attached hydrogens (tertiary/aromatic N) is 2. The zero-order valence-corrected chi connectivity index (χ0v) is 16.7. The average molecular weight is 392 g/mol. The second-order valence-electron chi connectivity index (χ2n) is 6.26. The lowest BCUT2D eigenvalue weighted by molar-refractivity contribution is -0.121. The molecule has 0 bridgehead atoms. The largest absolute Gasteiger partial charge is 0.497 e. The van der Waals surface area contributed by atoms with Gasteiger partial charge in [0.1, 0.15) is 16.5 Å². The first kappa shape index (κ1) is 20.6. The number of benzene rings is 1. The molecule has 0 spiro atoms. The molecule has 146 valence electrons. The first-order valence-electron chi connectivity index (χ1n) is 8.55. The van der Waals surface area contributed by atoms with Gasteiger partial charge in [0.15, 0.2) is 0 Å². The molecule has 0 saturated heterocycles. The summed E-state index contributed by atoms with van der Waals surface area (Å²) in [5.74, 6) is 1.02. The first-order chi connectivity index (χ1) is 12.9. The number of hydrogen-bond acceptors (Lipinski definition) is 7. The van der Waals surface area contributed by atoms with Crippen molar-refractivity contribution in [1.29, 1.82) is 0 Å². The summed E-state index contributed by atoms with van der Waals surface area (Å²) in [6.07, 6.45) is 0.904. The van der Waals surface area contributed by atoms with E-state index in [1.54, 1.807) is 25.3 Å². The lowest BCUT2D eigenvalue weighted by atomic mass is 10.1. The monoisotopic (exact) mass is 392 g/mol. The van der Waals surface area contributed by atoms with Gasteiger partial charge in [-0.3, -0.25) is 9.59 Å². The number of methoxy groups -OCH3 is 2. The average Bonchev–Trinajstić information content (AvgIpc) is 3.06. The van der Waals surface area contributed by atoms with Gasteiger partial charge in [0.2, 0.25) is 16.9 Å². The second kappa shape index (κ2) is 9.86. The molecule has 2 rings (SSSR count). The van der Waals surface area contributed by atoms with Gasteiger partial charge in [0.05, 0.1) is 19.9 Å². The molecule has 0 radical (unpaired) electrons. The molecule has 0 atom stereocenters. The zero-order valence-electron chi connectivity index (χ0n) is 15.9. The molecule has 1 heterocycles. The van der Waals surface area contributed by atoms with Crippen molar-refractivity contribution < 1.29 is 19.1 Å². The summed E-state index contributed by atoms with van der Waals surface area (Å²) in [4.78, 5) is 24.1. The Hall–Kier alpha value is -2.68. The van der Waals surface area contributed by atoms with E-state index in [4.69, 9.17) is 9.47 Å². The molecular formula is C18H24N4O4S. The zero-order chi connectivity index (χ0) is 19.8. The molecule has 0 aliphatic rings. The molecule has 2 N–H and O–H groups in total. The fourth-order valence-electron chi connectivity index (χ4n) is 2.26. The van der Waals surface area contributed by atoms with Gasteiger partial charge in [0.25, 0.3) is 0 Å². The lowest BCUT2D eigenvalue weighted by Crippen LogP contribution is -2.17. The lowest BCUT2D eigenvalue weighted by Gasteiger charge is -2.11. The molecule has 1 aromatic carbocycles. The molecule has 8 nitrogen and oxygen atoms in total. The predicted octanol–water partition coefficient (Wildman–Crippen LogP) is 3.11. The Morgan fingerprint density at radius 3 is 2.41 bits per heavy atom. The number of carbonyl (C=O) groups excluding carboxylic acids is 2. The van der Waals surface area contributed by atoms with Crippen molar-refractivity contribution >= 4 is 34.0 Å². The molecule has 0 unspecified atom stereocenters. The number of rotatable bonds is 9. The predicted molar refractivity (Wildman–Crippen MR) is 104 cm³/mol. The van der Waals surface area contributed by atoms with Crippen LogP contribution in [0.5, 0.6) is 11.5 Å². The Balaban J connectivity index is 1.83. The topological polar surface area (TPSA) is 102 Å². The van der Waals surface area contributed by atoms with E-state index in [-0.39, 0.29) is 24.7 Å². The van der Waals surface area contributed by atoms with Crippen molar-refractivity contribution in [3.05, 3.63) is 23.2 Å². The Morgan fingerprint density at radius 2 is 1.78 bits per heavy atom. The normalized spacial score (nSPS) is 10.6. The minimum Gasteiger partial charge on any atom is -0.497 e. The van der Waals surface area contributed by atoms with Crippen molar-refractivity contribution in [2.24, 2.45) is 5.92 Å². The molecule has 9 heteroatoms. The summed E-state index contributed by atoms with van der Waals surface area (Å²) in [7, 11) is 3.06. The summed E-state index contributed by atoms with van der Waals surface area (Å²) >= 11 is 1.35. The van der Waals surface area contributed by atoms with Gasteiger partial charge in [-0.05, 0) is 18.1 Å². The highest BCUT2D eigenvalue weighted by Gasteiger charge is 2.13. The molecular weight excluding hydrogens is 368 g/mol. The van der Waals surface area contributed by atoms with Crippen molar-refractivity contribution in [3.63, 3.8) is 0 Å². The van der Waals surface area contributed by atoms with Crippen molar-refractivity contribution in [2.75, 3.05) is 24.9 Å². The number of ether oxygens (including phenoxy) is 2. The minimum atomic E-state index is -0.286.